The summed E-state index contributed by atoms with van der Waals surface area (Å²) in [6.45, 7) is 5.70. The number of aliphatic hydroxyl groups is 1. The van der Waals surface area contributed by atoms with Gasteiger partial charge in [0.1, 0.15) is 23.4 Å². The SMILES string of the molecule is Cc1cc([C@@H](C(=O)N2C[C@H](O)C[C@H]2C2=NS(=O)(=O)CN2)C(C)C)on1. The van der Waals surface area contributed by atoms with Crippen LogP contribution in [0.15, 0.2) is 15.0 Å². The molecule has 25 heavy (non-hydrogen) atoms. The molecule has 0 radical (unpaired) electrons. The minimum atomic E-state index is -3.56. The number of sulfonamides is 1. The van der Waals surface area contributed by atoms with E-state index in [1.165, 1.54) is 4.90 Å². The van der Waals surface area contributed by atoms with Crippen molar-refractivity contribution in [3.05, 3.63) is 17.5 Å². The minimum Gasteiger partial charge on any atom is -0.391 e. The van der Waals surface area contributed by atoms with Gasteiger partial charge >= 0.3 is 0 Å². The molecule has 10 heteroatoms. The molecule has 2 N–H and O–H groups in total. The van der Waals surface area contributed by atoms with Crippen molar-refractivity contribution < 1.29 is 22.8 Å². The summed E-state index contributed by atoms with van der Waals surface area (Å²) in [4.78, 5) is 14.7. The Morgan fingerprint density at radius 1 is 1.48 bits per heavy atom. The van der Waals surface area contributed by atoms with Crippen molar-refractivity contribution >= 4 is 21.8 Å². The average Bonchev–Trinajstić information content (AvgIpc) is 3.18. The van der Waals surface area contributed by atoms with Crippen LogP contribution in [0.2, 0.25) is 0 Å². The summed E-state index contributed by atoms with van der Waals surface area (Å²) in [7, 11) is -3.56. The van der Waals surface area contributed by atoms with Crippen LogP contribution in [-0.2, 0) is 14.8 Å². The number of aryl methyl sites for hydroxylation is 1. The number of likely N-dealkylation sites (tertiary alicyclic amines) is 1. The monoisotopic (exact) mass is 370 g/mol. The largest absolute Gasteiger partial charge is 0.391 e. The van der Waals surface area contributed by atoms with Gasteiger partial charge in [-0.05, 0) is 12.8 Å². The van der Waals surface area contributed by atoms with Crippen LogP contribution in [0.1, 0.15) is 37.6 Å². The lowest BCUT2D eigenvalue weighted by molar-refractivity contribution is -0.134. The molecule has 0 spiro atoms. The number of β-amino-alcohol motifs (C(OH)–C–C–N with tert-alkyl or cyclic N) is 1. The quantitative estimate of drug-likeness (QED) is 0.762. The van der Waals surface area contributed by atoms with Gasteiger partial charge in [-0.2, -0.15) is 0 Å². The highest BCUT2D eigenvalue weighted by Crippen LogP contribution is 2.31. The number of amides is 1. The summed E-state index contributed by atoms with van der Waals surface area (Å²) in [5, 5.41) is 16.6. The molecule has 1 fully saturated rings. The number of nitrogens with one attached hydrogen (secondary N) is 1. The van der Waals surface area contributed by atoms with Gasteiger partial charge < -0.3 is 19.8 Å². The van der Waals surface area contributed by atoms with Gasteiger partial charge in [0.15, 0.2) is 0 Å². The number of nitrogens with zero attached hydrogens (tertiary/aromatic N) is 3. The highest BCUT2D eigenvalue weighted by molar-refractivity contribution is 7.90. The molecular formula is C15H22N4O5S. The van der Waals surface area contributed by atoms with Gasteiger partial charge in [-0.1, -0.05) is 19.0 Å². The lowest BCUT2D eigenvalue weighted by atomic mass is 9.91. The molecule has 2 aliphatic heterocycles. The number of carbonyl (C=O) groups is 1. The maximum Gasteiger partial charge on any atom is 0.272 e. The normalized spacial score (nSPS) is 26.6. The van der Waals surface area contributed by atoms with E-state index in [2.05, 4.69) is 14.9 Å². The predicted molar refractivity (Wildman–Crippen MR) is 89.3 cm³/mol. The fourth-order valence-corrected chi connectivity index (χ4v) is 4.20. The lowest BCUT2D eigenvalue weighted by Gasteiger charge is -2.29. The van der Waals surface area contributed by atoms with Crippen LogP contribution in [0, 0.1) is 12.8 Å². The first-order valence-electron chi connectivity index (χ1n) is 8.16. The van der Waals surface area contributed by atoms with E-state index in [1.807, 2.05) is 13.8 Å². The first-order chi connectivity index (χ1) is 11.7. The fourth-order valence-electron chi connectivity index (χ4n) is 3.32. The molecule has 0 saturated carbocycles. The van der Waals surface area contributed by atoms with E-state index in [4.69, 9.17) is 4.52 Å². The van der Waals surface area contributed by atoms with E-state index >= 15 is 0 Å². The smallest absolute Gasteiger partial charge is 0.272 e. The summed E-state index contributed by atoms with van der Waals surface area (Å²) in [5.74, 6) is -0.464. The van der Waals surface area contributed by atoms with Crippen LogP contribution in [0.4, 0.5) is 0 Å². The van der Waals surface area contributed by atoms with Crippen LogP contribution in [0.25, 0.3) is 0 Å². The Labute approximate surface area is 146 Å². The van der Waals surface area contributed by atoms with Gasteiger partial charge in [-0.25, -0.2) is 8.42 Å². The van der Waals surface area contributed by atoms with Crippen molar-refractivity contribution in [1.82, 2.24) is 15.4 Å². The van der Waals surface area contributed by atoms with Crippen LogP contribution in [0.3, 0.4) is 0 Å². The second kappa shape index (κ2) is 6.41. The minimum absolute atomic E-state index is 0.0551. The van der Waals surface area contributed by atoms with Gasteiger partial charge in [0.05, 0.1) is 17.8 Å². The summed E-state index contributed by atoms with van der Waals surface area (Å²) in [6.07, 6.45) is -0.487. The van der Waals surface area contributed by atoms with Crippen LogP contribution in [-0.4, -0.2) is 59.9 Å². The summed E-state index contributed by atoms with van der Waals surface area (Å²) < 4.78 is 32.1. The van der Waals surface area contributed by atoms with Crippen molar-refractivity contribution in [2.45, 2.75) is 45.3 Å². The zero-order valence-corrected chi connectivity index (χ0v) is 15.2. The summed E-state index contributed by atoms with van der Waals surface area (Å²) >= 11 is 0. The van der Waals surface area contributed by atoms with Crippen molar-refractivity contribution in [1.29, 1.82) is 0 Å². The number of carbonyl (C=O) groups excluding carboxylic acids is 1. The van der Waals surface area contributed by atoms with Crippen molar-refractivity contribution in [3.8, 4) is 0 Å². The maximum atomic E-state index is 13.2. The van der Waals surface area contributed by atoms with E-state index in [1.54, 1.807) is 13.0 Å². The Morgan fingerprint density at radius 2 is 2.20 bits per heavy atom. The molecule has 1 aromatic rings. The van der Waals surface area contributed by atoms with E-state index in [-0.39, 0.29) is 36.5 Å². The van der Waals surface area contributed by atoms with E-state index in [9.17, 15) is 18.3 Å². The number of aromatic nitrogens is 1. The Bertz CT molecular complexity index is 801. The molecular weight excluding hydrogens is 348 g/mol. The molecule has 2 aliphatic rings. The molecule has 0 aromatic carbocycles. The van der Waals surface area contributed by atoms with Crippen LogP contribution in [0.5, 0.6) is 0 Å². The predicted octanol–water partition coefficient (Wildman–Crippen LogP) is -0.0266. The molecule has 1 aromatic heterocycles. The maximum absolute atomic E-state index is 13.2. The van der Waals surface area contributed by atoms with E-state index in [0.717, 1.165) is 0 Å². The zero-order valence-electron chi connectivity index (χ0n) is 14.3. The van der Waals surface area contributed by atoms with E-state index < -0.39 is 28.1 Å². The van der Waals surface area contributed by atoms with Crippen molar-refractivity contribution in [3.63, 3.8) is 0 Å². The zero-order chi connectivity index (χ0) is 18.4. The van der Waals surface area contributed by atoms with Crippen molar-refractivity contribution in [2.24, 2.45) is 10.3 Å². The first-order valence-corrected chi connectivity index (χ1v) is 9.77. The van der Waals surface area contributed by atoms with Crippen LogP contribution >= 0.6 is 0 Å². The molecule has 3 rings (SSSR count). The Kier molecular flexibility index (Phi) is 4.58. The molecule has 3 heterocycles. The molecule has 1 saturated heterocycles. The molecule has 0 bridgehead atoms. The summed E-state index contributed by atoms with van der Waals surface area (Å²) in [6, 6.07) is 1.13. The Morgan fingerprint density at radius 3 is 2.72 bits per heavy atom. The first kappa shape index (κ1) is 17.9. The number of hydrogen-bond donors (Lipinski definition) is 2. The number of aliphatic hydroxyl groups excluding tert-OH is 1. The number of hydrogen-bond acceptors (Lipinski definition) is 7. The Balaban J connectivity index is 1.90. The van der Waals surface area contributed by atoms with Crippen LogP contribution < -0.4 is 5.32 Å². The van der Waals surface area contributed by atoms with Gasteiger partial charge in [-0.15, -0.1) is 4.40 Å². The van der Waals surface area contributed by atoms with Gasteiger partial charge in [0.25, 0.3) is 10.0 Å². The summed E-state index contributed by atoms with van der Waals surface area (Å²) in [5.41, 5.74) is 0.680. The van der Waals surface area contributed by atoms with Gasteiger partial charge in [0.2, 0.25) is 5.91 Å². The second-order valence-corrected chi connectivity index (χ2v) is 8.50. The molecule has 9 nitrogen and oxygen atoms in total. The number of amidine groups is 1. The highest BCUT2D eigenvalue weighted by atomic mass is 32.2. The highest BCUT2D eigenvalue weighted by Gasteiger charge is 2.43. The van der Waals surface area contributed by atoms with Gasteiger partial charge in [-0.3, -0.25) is 4.79 Å². The third kappa shape index (κ3) is 3.54. The van der Waals surface area contributed by atoms with E-state index in [0.29, 0.717) is 11.5 Å². The second-order valence-electron chi connectivity index (χ2n) is 6.87. The van der Waals surface area contributed by atoms with Crippen molar-refractivity contribution in [2.75, 3.05) is 12.4 Å². The third-order valence-electron chi connectivity index (χ3n) is 4.44. The molecule has 0 aliphatic carbocycles. The molecule has 1 amide bonds. The lowest BCUT2D eigenvalue weighted by Crippen LogP contribution is -2.47. The number of rotatable bonds is 4. The molecule has 3 atom stereocenters. The standard InChI is InChI=1S/C15H22N4O5S/c1-8(2)13(12-4-9(3)17-24-12)15(21)19-6-10(20)5-11(19)14-16-7-25(22,23)18-14/h4,8,10-11,13,20H,5-7H2,1-3H3,(H,16,18)/t10-,11+,13+/m1/s1. The topological polar surface area (TPSA) is 125 Å². The van der Waals surface area contributed by atoms with Gasteiger partial charge in [0, 0.05) is 19.0 Å². The fraction of sp³-hybridized carbons (Fsp3) is 0.667. The molecule has 138 valence electrons. The third-order valence-corrected chi connectivity index (χ3v) is 5.42. The molecule has 0 unspecified atom stereocenters. The average molecular weight is 370 g/mol. The Hall–Kier alpha value is -1.94.